The normalized spacial score (nSPS) is 11.5. The van der Waals surface area contributed by atoms with Gasteiger partial charge in [0.1, 0.15) is 6.61 Å². The Balaban J connectivity index is 1.97. The van der Waals surface area contributed by atoms with Crippen LogP contribution >= 0.6 is 35.0 Å². The molecule has 0 aliphatic carbocycles. The summed E-state index contributed by atoms with van der Waals surface area (Å²) in [5.74, 6) is 3.43. The van der Waals surface area contributed by atoms with E-state index in [0.29, 0.717) is 26.5 Å². The molecule has 2 N–H and O–H groups in total. The Morgan fingerprint density at radius 1 is 1.24 bits per heavy atom. The van der Waals surface area contributed by atoms with Gasteiger partial charge in [-0.15, -0.1) is 11.5 Å². The van der Waals surface area contributed by atoms with Crippen LogP contribution in [0, 0.1) is 12.3 Å². The Hall–Kier alpha value is -2.13. The van der Waals surface area contributed by atoms with Crippen LogP contribution < -0.4 is 10.5 Å². The van der Waals surface area contributed by atoms with Crippen LogP contribution in [0.1, 0.15) is 11.1 Å². The maximum atomic E-state index is 6.13. The Morgan fingerprint density at radius 3 is 2.56 bits per heavy atom. The van der Waals surface area contributed by atoms with Crippen molar-refractivity contribution in [3.63, 3.8) is 0 Å². The highest BCUT2D eigenvalue weighted by Gasteiger charge is 2.08. The number of ether oxygens (including phenoxy) is 1. The van der Waals surface area contributed by atoms with Gasteiger partial charge in [0.25, 0.3) is 0 Å². The molecule has 0 aliphatic heterocycles. The molecule has 0 spiro atoms. The van der Waals surface area contributed by atoms with Gasteiger partial charge in [-0.1, -0.05) is 71.2 Å². The number of nitrogens with zero attached hydrogens (tertiary/aromatic N) is 2. The number of hydrogen-bond donors (Lipinski definition) is 1. The first-order valence-electron chi connectivity index (χ1n) is 7.18. The molecule has 0 heterocycles. The zero-order valence-corrected chi connectivity index (χ0v) is 15.5. The van der Waals surface area contributed by atoms with Crippen molar-refractivity contribution in [3.05, 3.63) is 63.6 Å². The standard InChI is InChI=1S/C18H15Cl2N3OS/c1-2-8-24-17-15(19)9-14(10-16(17)20)11-22-23-18(21)25-12-13-6-4-3-5-7-13/h1,3-7,9-11H,8,12H2,(H2,21,23). The minimum absolute atomic E-state index is 0.0896. The molecule has 128 valence electrons. The largest absolute Gasteiger partial charge is 0.478 e. The lowest BCUT2D eigenvalue weighted by Crippen LogP contribution is -2.06. The van der Waals surface area contributed by atoms with Gasteiger partial charge in [0.05, 0.1) is 16.3 Å². The van der Waals surface area contributed by atoms with E-state index in [1.54, 1.807) is 12.1 Å². The van der Waals surface area contributed by atoms with Gasteiger partial charge < -0.3 is 10.5 Å². The van der Waals surface area contributed by atoms with Crippen molar-refractivity contribution in [2.45, 2.75) is 5.75 Å². The summed E-state index contributed by atoms with van der Waals surface area (Å²) in [5.41, 5.74) is 7.67. The Bertz CT molecular complexity index is 794. The maximum absolute atomic E-state index is 6.13. The smallest absolute Gasteiger partial charge is 0.180 e. The van der Waals surface area contributed by atoms with Crippen molar-refractivity contribution in [1.29, 1.82) is 0 Å². The number of rotatable bonds is 6. The second kappa shape index (κ2) is 10.00. The van der Waals surface area contributed by atoms with Crippen molar-refractivity contribution >= 4 is 46.3 Å². The number of benzene rings is 2. The molecule has 0 amide bonds. The van der Waals surface area contributed by atoms with Gasteiger partial charge in [-0.05, 0) is 23.3 Å². The molecule has 7 heteroatoms. The minimum Gasteiger partial charge on any atom is -0.478 e. The molecule has 25 heavy (non-hydrogen) atoms. The molecule has 0 fully saturated rings. The molecule has 2 aromatic rings. The number of hydrogen-bond acceptors (Lipinski definition) is 4. The molecule has 0 saturated heterocycles. The second-order valence-corrected chi connectivity index (χ2v) is 6.57. The van der Waals surface area contributed by atoms with Gasteiger partial charge in [-0.3, -0.25) is 0 Å². The van der Waals surface area contributed by atoms with Crippen LogP contribution in [0.2, 0.25) is 10.0 Å². The summed E-state index contributed by atoms with van der Waals surface area (Å²) < 4.78 is 5.29. The highest BCUT2D eigenvalue weighted by molar-refractivity contribution is 8.13. The van der Waals surface area contributed by atoms with Crippen molar-refractivity contribution in [2.24, 2.45) is 15.9 Å². The third kappa shape index (κ3) is 6.35. The van der Waals surface area contributed by atoms with Crippen LogP contribution in [0.4, 0.5) is 0 Å². The van der Waals surface area contributed by atoms with E-state index in [1.165, 1.54) is 18.0 Å². The number of nitrogens with two attached hydrogens (primary N) is 1. The highest BCUT2D eigenvalue weighted by Crippen LogP contribution is 2.33. The van der Waals surface area contributed by atoms with Gasteiger partial charge in [-0.25, -0.2) is 0 Å². The monoisotopic (exact) mass is 391 g/mol. The topological polar surface area (TPSA) is 60.0 Å². The predicted octanol–water partition coefficient (Wildman–Crippen LogP) is 4.59. The van der Waals surface area contributed by atoms with E-state index >= 15 is 0 Å². The summed E-state index contributed by atoms with van der Waals surface area (Å²) in [6.07, 6.45) is 6.66. The molecule has 0 aromatic heterocycles. The SMILES string of the molecule is C#CCOc1c(Cl)cc(C=NN=C(N)SCc2ccccc2)cc1Cl. The van der Waals surface area contributed by atoms with Crippen molar-refractivity contribution in [3.8, 4) is 18.1 Å². The fraction of sp³-hybridized carbons (Fsp3) is 0.111. The molecule has 0 saturated carbocycles. The fourth-order valence-corrected chi connectivity index (χ4v) is 3.04. The summed E-state index contributed by atoms with van der Waals surface area (Å²) in [7, 11) is 0. The predicted molar refractivity (Wildman–Crippen MR) is 108 cm³/mol. The first kappa shape index (κ1) is 19.2. The van der Waals surface area contributed by atoms with Gasteiger partial charge >= 0.3 is 0 Å². The lowest BCUT2D eigenvalue weighted by Gasteiger charge is -2.07. The zero-order valence-electron chi connectivity index (χ0n) is 13.2. The Kier molecular flexibility index (Phi) is 7.68. The van der Waals surface area contributed by atoms with Crippen molar-refractivity contribution in [1.82, 2.24) is 0 Å². The van der Waals surface area contributed by atoms with Crippen LogP contribution in [0.5, 0.6) is 5.75 Å². The van der Waals surface area contributed by atoms with Crippen molar-refractivity contribution < 1.29 is 4.74 Å². The van der Waals surface area contributed by atoms with E-state index in [0.717, 1.165) is 11.3 Å². The molecular formula is C18H15Cl2N3OS. The molecule has 0 bridgehead atoms. The Morgan fingerprint density at radius 2 is 1.92 bits per heavy atom. The zero-order chi connectivity index (χ0) is 18.1. The molecule has 0 radical (unpaired) electrons. The van der Waals surface area contributed by atoms with Crippen molar-refractivity contribution in [2.75, 3.05) is 6.61 Å². The summed E-state index contributed by atoms with van der Waals surface area (Å²) in [6.45, 7) is 0.0896. The minimum atomic E-state index is 0.0896. The lowest BCUT2D eigenvalue weighted by molar-refractivity contribution is 0.371. The summed E-state index contributed by atoms with van der Waals surface area (Å²) in [6, 6.07) is 13.3. The molecule has 0 atom stereocenters. The molecule has 2 rings (SSSR count). The van der Waals surface area contributed by atoms with Gasteiger partial charge in [-0.2, -0.15) is 5.10 Å². The summed E-state index contributed by atoms with van der Waals surface area (Å²) in [5, 5.41) is 8.96. The quantitative estimate of drug-likeness (QED) is 0.339. The number of halogens is 2. The first-order valence-corrected chi connectivity index (χ1v) is 8.93. The molecule has 2 aromatic carbocycles. The Labute approximate surface area is 161 Å². The lowest BCUT2D eigenvalue weighted by atomic mass is 10.2. The number of thioether (sulfide) groups is 1. The van der Waals surface area contributed by atoms with Crippen LogP contribution in [-0.4, -0.2) is 18.0 Å². The molecule has 0 unspecified atom stereocenters. The van der Waals surface area contributed by atoms with E-state index in [4.69, 9.17) is 40.1 Å². The van der Waals surface area contributed by atoms with Crippen LogP contribution in [0.3, 0.4) is 0 Å². The average Bonchev–Trinajstić information content (AvgIpc) is 2.60. The van der Waals surface area contributed by atoms with E-state index < -0.39 is 0 Å². The molecular weight excluding hydrogens is 377 g/mol. The maximum Gasteiger partial charge on any atom is 0.180 e. The highest BCUT2D eigenvalue weighted by atomic mass is 35.5. The summed E-state index contributed by atoms with van der Waals surface area (Å²) in [4.78, 5) is 0. The van der Waals surface area contributed by atoms with E-state index in [9.17, 15) is 0 Å². The van der Waals surface area contributed by atoms with Crippen LogP contribution in [0.15, 0.2) is 52.7 Å². The molecule has 4 nitrogen and oxygen atoms in total. The van der Waals surface area contributed by atoms with Crippen LogP contribution in [-0.2, 0) is 5.75 Å². The van der Waals surface area contributed by atoms with Gasteiger partial charge in [0.15, 0.2) is 10.9 Å². The molecule has 0 aliphatic rings. The van der Waals surface area contributed by atoms with E-state index in [2.05, 4.69) is 16.1 Å². The fourth-order valence-electron chi connectivity index (χ4n) is 1.82. The van der Waals surface area contributed by atoms with Crippen LogP contribution in [0.25, 0.3) is 0 Å². The van der Waals surface area contributed by atoms with Gasteiger partial charge in [0.2, 0.25) is 0 Å². The second-order valence-electron chi connectivity index (χ2n) is 4.76. The first-order chi connectivity index (χ1) is 12.1. The average molecular weight is 392 g/mol. The van der Waals surface area contributed by atoms with E-state index in [-0.39, 0.29) is 6.61 Å². The number of terminal acetylenes is 1. The summed E-state index contributed by atoms with van der Waals surface area (Å²) >= 11 is 13.7. The van der Waals surface area contributed by atoms with E-state index in [1.807, 2.05) is 30.3 Å². The van der Waals surface area contributed by atoms with Gasteiger partial charge in [0, 0.05) is 5.75 Å². The number of amidine groups is 1. The third-order valence-corrected chi connectivity index (χ3v) is 4.33. The third-order valence-electron chi connectivity index (χ3n) is 2.91.